The van der Waals surface area contributed by atoms with E-state index < -0.39 is 33.9 Å². The number of aromatic amines is 2. The Morgan fingerprint density at radius 3 is 2.48 bits per heavy atom. The predicted octanol–water partition coefficient (Wildman–Crippen LogP) is -2.06. The number of carbonyl (C=O) groups is 2. The number of fused-ring (bicyclic) bond motifs is 1. The normalized spacial score (nSPS) is 11.9. The number of primary amides is 1. The van der Waals surface area contributed by atoms with Crippen LogP contribution in [0.4, 0.5) is 5.69 Å². The van der Waals surface area contributed by atoms with Crippen molar-refractivity contribution in [3.8, 4) is 0 Å². The molecule has 0 bridgehead atoms. The van der Waals surface area contributed by atoms with Gasteiger partial charge in [-0.1, -0.05) is 0 Å². The molecule has 12 heteroatoms. The van der Waals surface area contributed by atoms with Crippen molar-refractivity contribution < 1.29 is 14.5 Å². The fourth-order valence-corrected chi connectivity index (χ4v) is 2.15. The summed E-state index contributed by atoms with van der Waals surface area (Å²) < 4.78 is 0. The van der Waals surface area contributed by atoms with E-state index in [1.165, 1.54) is 0 Å². The van der Waals surface area contributed by atoms with E-state index in [1.807, 2.05) is 0 Å². The molecule has 1 aromatic heterocycles. The third-order valence-electron chi connectivity index (χ3n) is 3.32. The molecule has 0 saturated carbocycles. The number of nitrogens with one attached hydrogen (secondary N) is 3. The van der Waals surface area contributed by atoms with Crippen LogP contribution in [-0.2, 0) is 16.1 Å². The molecule has 1 unspecified atom stereocenters. The Balaban J connectivity index is 2.39. The molecule has 2 aromatic rings. The maximum Gasteiger partial charge on any atom is 0.314 e. The molecule has 0 radical (unpaired) electrons. The fraction of sp³-hybridized carbons (Fsp3) is 0.231. The van der Waals surface area contributed by atoms with E-state index in [1.54, 1.807) is 0 Å². The zero-order valence-corrected chi connectivity index (χ0v) is 12.7. The molecular weight excluding hydrogens is 336 g/mol. The zero-order valence-electron chi connectivity index (χ0n) is 12.7. The lowest BCUT2D eigenvalue weighted by molar-refractivity contribution is -0.384. The number of aromatic nitrogens is 2. The van der Waals surface area contributed by atoms with E-state index in [9.17, 15) is 29.3 Å². The van der Waals surface area contributed by atoms with E-state index in [0.29, 0.717) is 0 Å². The lowest BCUT2D eigenvalue weighted by Gasteiger charge is -2.12. The van der Waals surface area contributed by atoms with E-state index in [-0.39, 0.29) is 35.2 Å². The lowest BCUT2D eigenvalue weighted by Crippen LogP contribution is -2.42. The zero-order chi connectivity index (χ0) is 18.7. The summed E-state index contributed by atoms with van der Waals surface area (Å²) in [5.41, 5.74) is 8.52. The predicted molar refractivity (Wildman–Crippen MR) is 85.5 cm³/mol. The van der Waals surface area contributed by atoms with Crippen LogP contribution in [0.2, 0.25) is 0 Å². The number of rotatable bonds is 6. The number of hydrogen-bond donors (Lipinski definition) is 5. The minimum Gasteiger partial charge on any atom is -0.370 e. The molecule has 25 heavy (non-hydrogen) atoms. The van der Waals surface area contributed by atoms with Crippen molar-refractivity contribution in [2.24, 2.45) is 11.5 Å². The highest BCUT2D eigenvalue weighted by atomic mass is 16.6. The largest absolute Gasteiger partial charge is 0.370 e. The second kappa shape index (κ2) is 6.92. The summed E-state index contributed by atoms with van der Waals surface area (Å²) in [5.74, 6) is -1.46. The Kier molecular flexibility index (Phi) is 4.93. The third kappa shape index (κ3) is 4.06. The summed E-state index contributed by atoms with van der Waals surface area (Å²) >= 11 is 0. The van der Waals surface area contributed by atoms with Crippen molar-refractivity contribution in [2.75, 3.05) is 0 Å². The molecule has 132 valence electrons. The number of amides is 2. The second-order valence-electron chi connectivity index (χ2n) is 5.19. The SMILES string of the molecule is NC(=O)CC(N)C(=O)NCc1cc([N+](=O)[O-])cc2[nH]c(=O)c(=O)[nH]c12. The van der Waals surface area contributed by atoms with Gasteiger partial charge in [-0.3, -0.25) is 29.3 Å². The first-order valence-electron chi connectivity index (χ1n) is 6.94. The Labute approximate surface area is 138 Å². The van der Waals surface area contributed by atoms with Crippen molar-refractivity contribution >= 4 is 28.5 Å². The molecule has 1 heterocycles. The third-order valence-corrected chi connectivity index (χ3v) is 3.32. The number of benzene rings is 1. The van der Waals surface area contributed by atoms with Crippen LogP contribution in [0.1, 0.15) is 12.0 Å². The summed E-state index contributed by atoms with van der Waals surface area (Å²) in [6, 6.07) is 1.04. The number of nitrogens with zero attached hydrogens (tertiary/aromatic N) is 1. The first-order valence-corrected chi connectivity index (χ1v) is 6.94. The quantitative estimate of drug-likeness (QED) is 0.223. The maximum atomic E-state index is 11.8. The molecular formula is C13H14N6O6. The Morgan fingerprint density at radius 2 is 1.88 bits per heavy atom. The van der Waals surface area contributed by atoms with Gasteiger partial charge < -0.3 is 26.8 Å². The molecule has 12 nitrogen and oxygen atoms in total. The van der Waals surface area contributed by atoms with Crippen LogP contribution >= 0.6 is 0 Å². The molecule has 0 saturated heterocycles. The lowest BCUT2D eigenvalue weighted by atomic mass is 10.1. The summed E-state index contributed by atoms with van der Waals surface area (Å²) in [6.07, 6.45) is -0.369. The van der Waals surface area contributed by atoms with Gasteiger partial charge >= 0.3 is 11.1 Å². The molecule has 0 spiro atoms. The number of non-ortho nitro benzene ring substituents is 1. The van der Waals surface area contributed by atoms with Crippen LogP contribution < -0.4 is 27.9 Å². The number of hydrogen-bond acceptors (Lipinski definition) is 7. The van der Waals surface area contributed by atoms with Crippen molar-refractivity contribution in [2.45, 2.75) is 19.0 Å². The van der Waals surface area contributed by atoms with Crippen molar-refractivity contribution in [3.05, 3.63) is 48.5 Å². The van der Waals surface area contributed by atoms with Crippen LogP contribution in [0.5, 0.6) is 0 Å². The maximum absolute atomic E-state index is 11.8. The number of carbonyl (C=O) groups excluding carboxylic acids is 2. The van der Waals surface area contributed by atoms with Gasteiger partial charge in [0.25, 0.3) is 5.69 Å². The van der Waals surface area contributed by atoms with Gasteiger partial charge in [-0.15, -0.1) is 0 Å². The van der Waals surface area contributed by atoms with Gasteiger partial charge in [-0.2, -0.15) is 0 Å². The van der Waals surface area contributed by atoms with Crippen LogP contribution in [0, 0.1) is 10.1 Å². The standard InChI is InChI=1S/C13H14N6O6/c14-7(3-9(15)20)11(21)16-4-5-1-6(19(24)25)2-8-10(5)18-13(23)12(22)17-8/h1-2,7H,3-4,14H2,(H2,15,20)(H,16,21)(H,17,22)(H,18,23). The van der Waals surface area contributed by atoms with Crippen molar-refractivity contribution in [3.63, 3.8) is 0 Å². The molecule has 2 rings (SSSR count). The highest BCUT2D eigenvalue weighted by Gasteiger charge is 2.18. The monoisotopic (exact) mass is 350 g/mol. The highest BCUT2D eigenvalue weighted by molar-refractivity contribution is 5.88. The smallest absolute Gasteiger partial charge is 0.314 e. The number of nitro benzene ring substituents is 1. The van der Waals surface area contributed by atoms with Gasteiger partial charge in [0, 0.05) is 24.2 Å². The number of H-pyrrole nitrogens is 2. The van der Waals surface area contributed by atoms with E-state index in [2.05, 4.69) is 15.3 Å². The molecule has 1 atom stereocenters. The first kappa shape index (κ1) is 17.8. The molecule has 0 aliphatic carbocycles. The molecule has 7 N–H and O–H groups in total. The summed E-state index contributed by atoms with van der Waals surface area (Å²) in [6.45, 7) is -0.231. The van der Waals surface area contributed by atoms with Crippen LogP contribution in [0.15, 0.2) is 21.7 Å². The van der Waals surface area contributed by atoms with Crippen molar-refractivity contribution in [1.82, 2.24) is 15.3 Å². The van der Waals surface area contributed by atoms with Crippen LogP contribution in [-0.4, -0.2) is 32.7 Å². The van der Waals surface area contributed by atoms with Gasteiger partial charge in [-0.25, -0.2) is 0 Å². The molecule has 0 aliphatic heterocycles. The Hall–Kier alpha value is -3.54. The number of nitro groups is 1. The number of nitrogens with two attached hydrogens (primary N) is 2. The molecule has 0 fully saturated rings. The van der Waals surface area contributed by atoms with E-state index >= 15 is 0 Å². The van der Waals surface area contributed by atoms with Crippen LogP contribution in [0.25, 0.3) is 11.0 Å². The topological polar surface area (TPSA) is 207 Å². The minimum absolute atomic E-state index is 0.0319. The van der Waals surface area contributed by atoms with Gasteiger partial charge in [0.15, 0.2) is 0 Å². The Bertz CT molecular complexity index is 977. The average Bonchev–Trinajstić information content (AvgIpc) is 2.52. The second-order valence-corrected chi connectivity index (χ2v) is 5.19. The average molecular weight is 350 g/mol. The van der Waals surface area contributed by atoms with E-state index in [4.69, 9.17) is 11.5 Å². The highest BCUT2D eigenvalue weighted by Crippen LogP contribution is 2.21. The van der Waals surface area contributed by atoms with E-state index in [0.717, 1.165) is 12.1 Å². The van der Waals surface area contributed by atoms with Gasteiger partial charge in [-0.05, 0) is 0 Å². The first-order chi connectivity index (χ1) is 11.7. The molecule has 0 aliphatic rings. The molecule has 1 aromatic carbocycles. The van der Waals surface area contributed by atoms with Gasteiger partial charge in [0.1, 0.15) is 0 Å². The summed E-state index contributed by atoms with van der Waals surface area (Å²) in [5, 5.41) is 13.4. The summed E-state index contributed by atoms with van der Waals surface area (Å²) in [7, 11) is 0. The molecule has 2 amide bonds. The summed E-state index contributed by atoms with van der Waals surface area (Å²) in [4.78, 5) is 60.3. The van der Waals surface area contributed by atoms with Gasteiger partial charge in [0.05, 0.1) is 28.4 Å². The fourth-order valence-electron chi connectivity index (χ4n) is 2.15. The van der Waals surface area contributed by atoms with Crippen LogP contribution in [0.3, 0.4) is 0 Å². The minimum atomic E-state index is -1.18. The van der Waals surface area contributed by atoms with Gasteiger partial charge in [0.2, 0.25) is 11.8 Å². The Morgan fingerprint density at radius 1 is 1.24 bits per heavy atom. The van der Waals surface area contributed by atoms with Crippen molar-refractivity contribution in [1.29, 1.82) is 0 Å².